The highest BCUT2D eigenvalue weighted by Gasteiger charge is 2.36. The van der Waals surface area contributed by atoms with Crippen LogP contribution in [0.3, 0.4) is 0 Å². The highest BCUT2D eigenvalue weighted by Crippen LogP contribution is 2.44. The SMILES string of the molecule is C#CC[C@H](O[C@@H]1OCCC[C@H]1I)C1=C(C)CCCC1(C)C. The number of halogens is 1. The first-order valence-electron chi connectivity index (χ1n) is 8.00. The van der Waals surface area contributed by atoms with E-state index < -0.39 is 0 Å². The van der Waals surface area contributed by atoms with Gasteiger partial charge in [-0.3, -0.25) is 0 Å². The lowest BCUT2D eigenvalue weighted by Gasteiger charge is -2.40. The summed E-state index contributed by atoms with van der Waals surface area (Å²) in [4.78, 5) is 0. The zero-order valence-electron chi connectivity index (χ0n) is 13.5. The number of alkyl halides is 1. The second-order valence-electron chi connectivity index (χ2n) is 6.86. The Bertz CT molecular complexity index is 433. The van der Waals surface area contributed by atoms with Crippen LogP contribution in [0.15, 0.2) is 11.1 Å². The Morgan fingerprint density at radius 3 is 2.86 bits per heavy atom. The maximum Gasteiger partial charge on any atom is 0.170 e. The highest BCUT2D eigenvalue weighted by atomic mass is 127. The van der Waals surface area contributed by atoms with Gasteiger partial charge in [-0.15, -0.1) is 12.3 Å². The van der Waals surface area contributed by atoms with E-state index >= 15 is 0 Å². The van der Waals surface area contributed by atoms with Crippen molar-refractivity contribution in [1.29, 1.82) is 0 Å². The zero-order chi connectivity index (χ0) is 15.5. The zero-order valence-corrected chi connectivity index (χ0v) is 15.6. The van der Waals surface area contributed by atoms with Crippen molar-refractivity contribution >= 4 is 22.6 Å². The van der Waals surface area contributed by atoms with E-state index in [1.165, 1.54) is 30.4 Å². The quantitative estimate of drug-likeness (QED) is 0.289. The van der Waals surface area contributed by atoms with E-state index in [9.17, 15) is 0 Å². The molecule has 0 N–H and O–H groups in total. The third kappa shape index (κ3) is 4.24. The van der Waals surface area contributed by atoms with E-state index in [1.54, 1.807) is 0 Å². The molecule has 3 atom stereocenters. The average Bonchev–Trinajstić information content (AvgIpc) is 2.40. The minimum Gasteiger partial charge on any atom is -0.352 e. The third-order valence-corrected chi connectivity index (χ3v) is 5.88. The molecule has 2 rings (SSSR count). The van der Waals surface area contributed by atoms with Gasteiger partial charge in [-0.2, -0.15) is 0 Å². The standard InChI is InChI=1S/C18H27IO2/c1-5-8-15(21-17-14(19)10-7-12-20-17)16-13(2)9-6-11-18(16,3)4/h1,14-15,17H,6-12H2,2-4H3/t14-,15+,17+/m1/s1. The molecule has 2 nitrogen and oxygen atoms in total. The van der Waals surface area contributed by atoms with Gasteiger partial charge in [0.05, 0.1) is 10.0 Å². The van der Waals surface area contributed by atoms with E-state index in [2.05, 4.69) is 49.3 Å². The van der Waals surface area contributed by atoms with E-state index in [4.69, 9.17) is 15.9 Å². The second-order valence-corrected chi connectivity index (χ2v) is 8.46. The maximum absolute atomic E-state index is 6.36. The molecule has 1 heterocycles. The molecule has 0 aromatic heterocycles. The Hall–Kier alpha value is -0.0500. The highest BCUT2D eigenvalue weighted by molar-refractivity contribution is 14.1. The van der Waals surface area contributed by atoms with Gasteiger partial charge >= 0.3 is 0 Å². The van der Waals surface area contributed by atoms with Crippen molar-refractivity contribution in [3.05, 3.63) is 11.1 Å². The molecule has 1 fully saturated rings. The summed E-state index contributed by atoms with van der Waals surface area (Å²) in [7, 11) is 0. The predicted molar refractivity (Wildman–Crippen MR) is 95.4 cm³/mol. The van der Waals surface area contributed by atoms with Gasteiger partial charge in [0.1, 0.15) is 0 Å². The predicted octanol–water partition coefficient (Wildman–Crippen LogP) is 4.86. The summed E-state index contributed by atoms with van der Waals surface area (Å²) >= 11 is 2.45. The van der Waals surface area contributed by atoms with Gasteiger partial charge in [0.2, 0.25) is 0 Å². The first kappa shape index (κ1) is 17.3. The summed E-state index contributed by atoms with van der Waals surface area (Å²) in [5, 5.41) is 0. The van der Waals surface area contributed by atoms with Gasteiger partial charge in [0.25, 0.3) is 0 Å². The molecule has 0 aromatic carbocycles. The van der Waals surface area contributed by atoms with Gasteiger partial charge < -0.3 is 9.47 Å². The first-order valence-corrected chi connectivity index (χ1v) is 9.25. The fourth-order valence-electron chi connectivity index (χ4n) is 3.68. The molecule has 0 spiro atoms. The number of terminal acetylenes is 1. The van der Waals surface area contributed by atoms with Gasteiger partial charge in [-0.25, -0.2) is 0 Å². The Labute approximate surface area is 143 Å². The van der Waals surface area contributed by atoms with Crippen LogP contribution < -0.4 is 0 Å². The molecule has 118 valence electrons. The van der Waals surface area contributed by atoms with Crippen molar-refractivity contribution < 1.29 is 9.47 Å². The van der Waals surface area contributed by atoms with Crippen LogP contribution in [0.25, 0.3) is 0 Å². The number of hydrogen-bond acceptors (Lipinski definition) is 2. The van der Waals surface area contributed by atoms with Crippen LogP contribution in [-0.2, 0) is 9.47 Å². The molecule has 1 aliphatic carbocycles. The molecule has 1 aliphatic heterocycles. The van der Waals surface area contributed by atoms with Crippen LogP contribution in [-0.4, -0.2) is 22.9 Å². The summed E-state index contributed by atoms with van der Waals surface area (Å²) in [5.41, 5.74) is 3.07. The number of rotatable bonds is 4. The molecule has 0 saturated carbocycles. The Morgan fingerprint density at radius 1 is 1.48 bits per heavy atom. The van der Waals surface area contributed by atoms with E-state index in [0.717, 1.165) is 19.4 Å². The van der Waals surface area contributed by atoms with Crippen LogP contribution >= 0.6 is 22.6 Å². The molecule has 0 aromatic rings. The monoisotopic (exact) mass is 402 g/mol. The molecule has 1 saturated heterocycles. The molecule has 0 radical (unpaired) electrons. The van der Waals surface area contributed by atoms with Crippen LogP contribution in [0.5, 0.6) is 0 Å². The Morgan fingerprint density at radius 2 is 2.24 bits per heavy atom. The molecule has 21 heavy (non-hydrogen) atoms. The smallest absolute Gasteiger partial charge is 0.170 e. The van der Waals surface area contributed by atoms with Gasteiger partial charge in [-0.1, -0.05) is 42.0 Å². The van der Waals surface area contributed by atoms with Crippen LogP contribution in [0.1, 0.15) is 59.3 Å². The topological polar surface area (TPSA) is 18.5 Å². The normalized spacial score (nSPS) is 30.8. The minimum absolute atomic E-state index is 0.00525. The molecule has 0 unspecified atom stereocenters. The average molecular weight is 402 g/mol. The minimum atomic E-state index is -0.115. The van der Waals surface area contributed by atoms with E-state index in [0.29, 0.717) is 10.3 Å². The molecule has 0 bridgehead atoms. The van der Waals surface area contributed by atoms with E-state index in [1.807, 2.05) is 0 Å². The van der Waals surface area contributed by atoms with Crippen molar-refractivity contribution in [1.82, 2.24) is 0 Å². The van der Waals surface area contributed by atoms with Crippen molar-refractivity contribution in [3.8, 4) is 12.3 Å². The summed E-state index contributed by atoms with van der Waals surface area (Å²) in [6.45, 7) is 7.68. The van der Waals surface area contributed by atoms with E-state index in [-0.39, 0.29) is 17.8 Å². The number of ether oxygens (including phenoxy) is 2. The number of allylic oxidation sites excluding steroid dienone is 1. The van der Waals surface area contributed by atoms with Crippen molar-refractivity contribution in [2.45, 2.75) is 75.6 Å². The summed E-state index contributed by atoms with van der Waals surface area (Å²) in [6.07, 6.45) is 12.1. The lowest BCUT2D eigenvalue weighted by Crippen LogP contribution is -2.39. The third-order valence-electron chi connectivity index (χ3n) is 4.67. The largest absolute Gasteiger partial charge is 0.352 e. The summed E-state index contributed by atoms with van der Waals surface area (Å²) < 4.78 is 12.6. The fourth-order valence-corrected chi connectivity index (χ4v) is 4.50. The van der Waals surface area contributed by atoms with Crippen molar-refractivity contribution in [2.75, 3.05) is 6.61 Å². The van der Waals surface area contributed by atoms with Crippen molar-refractivity contribution in [2.24, 2.45) is 5.41 Å². The Balaban J connectivity index is 2.20. The van der Waals surface area contributed by atoms with Crippen molar-refractivity contribution in [3.63, 3.8) is 0 Å². The lowest BCUT2D eigenvalue weighted by molar-refractivity contribution is -0.175. The Kier molecular flexibility index (Phi) is 6.16. The molecule has 3 heteroatoms. The van der Waals surface area contributed by atoms with Crippen LogP contribution in [0.2, 0.25) is 0 Å². The summed E-state index contributed by atoms with van der Waals surface area (Å²) in [5.74, 6) is 2.81. The molecule has 2 aliphatic rings. The van der Waals surface area contributed by atoms with Gasteiger partial charge in [0.15, 0.2) is 6.29 Å². The molecule has 0 amide bonds. The molecular weight excluding hydrogens is 375 g/mol. The van der Waals surface area contributed by atoms with Crippen LogP contribution in [0, 0.1) is 17.8 Å². The first-order chi connectivity index (χ1) is 9.95. The van der Waals surface area contributed by atoms with Gasteiger partial charge in [-0.05, 0) is 50.0 Å². The van der Waals surface area contributed by atoms with Crippen LogP contribution in [0.4, 0.5) is 0 Å². The second kappa shape index (κ2) is 7.48. The number of hydrogen-bond donors (Lipinski definition) is 0. The fraction of sp³-hybridized carbons (Fsp3) is 0.778. The molecular formula is C18H27IO2. The summed E-state index contributed by atoms with van der Waals surface area (Å²) in [6, 6.07) is 0. The van der Waals surface area contributed by atoms with Gasteiger partial charge in [0, 0.05) is 13.0 Å². The maximum atomic E-state index is 6.36. The lowest BCUT2D eigenvalue weighted by atomic mass is 9.70.